The number of ether oxygens (including phenoxy) is 1. The van der Waals surface area contributed by atoms with Crippen molar-refractivity contribution in [1.29, 1.82) is 0 Å². The largest absolute Gasteiger partial charge is 0.466 e. The van der Waals surface area contributed by atoms with Crippen molar-refractivity contribution in [2.75, 3.05) is 13.2 Å². The molecular formula is C75H145NO5. The molecule has 0 aliphatic carbocycles. The third-order valence-electron chi connectivity index (χ3n) is 17.5. The number of rotatable bonds is 70. The maximum Gasteiger partial charge on any atom is 0.305 e. The summed E-state index contributed by atoms with van der Waals surface area (Å²) in [6.07, 6.45) is 89.5. The van der Waals surface area contributed by atoms with E-state index in [9.17, 15) is 19.8 Å². The zero-order valence-electron chi connectivity index (χ0n) is 55.0. The molecule has 81 heavy (non-hydrogen) atoms. The topological polar surface area (TPSA) is 95.9 Å². The van der Waals surface area contributed by atoms with Gasteiger partial charge in [0.25, 0.3) is 0 Å². The Balaban J connectivity index is 3.39. The maximum absolute atomic E-state index is 12.5. The number of aliphatic hydroxyl groups is 2. The van der Waals surface area contributed by atoms with E-state index in [0.717, 1.165) is 44.9 Å². The van der Waals surface area contributed by atoms with Crippen LogP contribution in [-0.2, 0) is 14.3 Å². The lowest BCUT2D eigenvalue weighted by atomic mass is 10.0. The van der Waals surface area contributed by atoms with Gasteiger partial charge in [0.15, 0.2) is 0 Å². The number of hydrogen-bond donors (Lipinski definition) is 3. The average molecular weight is 1140 g/mol. The number of amides is 1. The van der Waals surface area contributed by atoms with E-state index in [0.29, 0.717) is 25.9 Å². The van der Waals surface area contributed by atoms with Gasteiger partial charge in [-0.05, 0) is 77.0 Å². The van der Waals surface area contributed by atoms with Crippen molar-refractivity contribution in [1.82, 2.24) is 5.32 Å². The molecule has 0 aliphatic rings. The van der Waals surface area contributed by atoms with Gasteiger partial charge < -0.3 is 20.3 Å². The number of nitrogens with one attached hydrogen (secondary N) is 1. The third kappa shape index (κ3) is 67.3. The molecule has 0 aliphatic heterocycles. The Kier molecular flexibility index (Phi) is 69.4. The molecule has 0 rings (SSSR count). The van der Waals surface area contributed by atoms with Gasteiger partial charge in [0.2, 0.25) is 5.91 Å². The van der Waals surface area contributed by atoms with Crippen molar-refractivity contribution < 1.29 is 24.5 Å². The zero-order valence-corrected chi connectivity index (χ0v) is 55.0. The Morgan fingerprint density at radius 2 is 0.580 bits per heavy atom. The minimum Gasteiger partial charge on any atom is -0.466 e. The van der Waals surface area contributed by atoms with Crippen molar-refractivity contribution in [2.24, 2.45) is 0 Å². The zero-order chi connectivity index (χ0) is 58.5. The number of carbonyl (C=O) groups is 2. The summed E-state index contributed by atoms with van der Waals surface area (Å²) in [6, 6.07) is -0.546. The van der Waals surface area contributed by atoms with Gasteiger partial charge >= 0.3 is 5.97 Å². The smallest absolute Gasteiger partial charge is 0.305 e. The molecular weight excluding hydrogens is 995 g/mol. The summed E-state index contributed by atoms with van der Waals surface area (Å²) < 4.78 is 5.51. The van der Waals surface area contributed by atoms with Gasteiger partial charge in [0.05, 0.1) is 25.4 Å². The molecule has 0 fully saturated rings. The summed E-state index contributed by atoms with van der Waals surface area (Å²) in [5, 5.41) is 23.4. The number of unbranched alkanes of at least 4 members (excludes halogenated alkanes) is 55. The molecule has 0 aromatic heterocycles. The number of allylic oxidation sites excluding steroid dienone is 4. The molecule has 0 bridgehead atoms. The second-order valence-electron chi connectivity index (χ2n) is 25.6. The molecule has 0 saturated heterocycles. The summed E-state index contributed by atoms with van der Waals surface area (Å²) in [5.74, 6) is -0.0217. The van der Waals surface area contributed by atoms with Crippen LogP contribution in [0.2, 0.25) is 0 Å². The number of carbonyl (C=O) groups excluding carboxylic acids is 2. The van der Waals surface area contributed by atoms with Gasteiger partial charge in [-0.1, -0.05) is 353 Å². The van der Waals surface area contributed by atoms with Crippen LogP contribution < -0.4 is 5.32 Å². The number of hydrogen-bond acceptors (Lipinski definition) is 5. The first-order valence-corrected chi connectivity index (χ1v) is 37.1. The fraction of sp³-hybridized carbons (Fsp3) is 0.920. The lowest BCUT2D eigenvalue weighted by Gasteiger charge is -2.22. The molecule has 2 unspecified atom stereocenters. The minimum absolute atomic E-state index is 0.0132. The van der Waals surface area contributed by atoms with Gasteiger partial charge in [-0.25, -0.2) is 0 Å². The van der Waals surface area contributed by atoms with Crippen LogP contribution in [0, 0.1) is 0 Å². The highest BCUT2D eigenvalue weighted by Gasteiger charge is 2.20. The van der Waals surface area contributed by atoms with Gasteiger partial charge in [-0.15, -0.1) is 0 Å². The first-order chi connectivity index (χ1) is 40.0. The van der Waals surface area contributed by atoms with Crippen LogP contribution in [0.5, 0.6) is 0 Å². The van der Waals surface area contributed by atoms with Gasteiger partial charge in [-0.2, -0.15) is 0 Å². The normalized spacial score (nSPS) is 12.6. The van der Waals surface area contributed by atoms with Crippen molar-refractivity contribution in [2.45, 2.75) is 431 Å². The van der Waals surface area contributed by atoms with E-state index >= 15 is 0 Å². The standard InChI is InChI=1S/C75H145NO5/c1-3-5-7-9-11-13-15-17-19-21-23-28-32-35-39-43-47-51-55-59-63-67-73(78)72(71-77)76-74(79)68-64-60-56-52-48-44-40-36-33-29-26-24-25-27-30-34-38-42-46-50-54-58-62-66-70-81-75(80)69-65-61-57-53-49-45-41-37-31-22-20-18-16-14-12-10-8-6-4-2/h18,20,26,29,72-73,77-78H,3-17,19,21-25,27-28,30-71H2,1-2H3,(H,76,79)/b20-18-,29-26-. The number of aliphatic hydroxyl groups excluding tert-OH is 2. The molecule has 0 aromatic rings. The monoisotopic (exact) mass is 1140 g/mol. The molecule has 2 atom stereocenters. The number of esters is 1. The molecule has 6 heteroatoms. The summed E-state index contributed by atoms with van der Waals surface area (Å²) in [4.78, 5) is 24.7. The quantitative estimate of drug-likeness (QED) is 0.0320. The molecule has 0 aromatic carbocycles. The Morgan fingerprint density at radius 1 is 0.333 bits per heavy atom. The molecule has 0 saturated carbocycles. The van der Waals surface area contributed by atoms with Crippen LogP contribution in [-0.4, -0.2) is 47.4 Å². The van der Waals surface area contributed by atoms with Crippen LogP contribution in [0.4, 0.5) is 0 Å². The van der Waals surface area contributed by atoms with Gasteiger partial charge in [0, 0.05) is 12.8 Å². The van der Waals surface area contributed by atoms with Crippen molar-refractivity contribution >= 4 is 11.9 Å². The van der Waals surface area contributed by atoms with Crippen LogP contribution in [0.25, 0.3) is 0 Å². The van der Waals surface area contributed by atoms with E-state index in [1.165, 1.54) is 340 Å². The van der Waals surface area contributed by atoms with Crippen LogP contribution >= 0.6 is 0 Å². The van der Waals surface area contributed by atoms with Crippen molar-refractivity contribution in [3.05, 3.63) is 24.3 Å². The summed E-state index contributed by atoms with van der Waals surface area (Å²) in [6.45, 7) is 4.99. The maximum atomic E-state index is 12.5. The Bertz CT molecular complexity index is 1270. The average Bonchev–Trinajstić information content (AvgIpc) is 3.47. The fourth-order valence-electron chi connectivity index (χ4n) is 11.8. The first kappa shape index (κ1) is 79.3. The second kappa shape index (κ2) is 70.8. The summed E-state index contributed by atoms with van der Waals surface area (Å²) in [5.41, 5.74) is 0. The van der Waals surface area contributed by atoms with E-state index in [1.807, 2.05) is 0 Å². The van der Waals surface area contributed by atoms with E-state index < -0.39 is 12.1 Å². The van der Waals surface area contributed by atoms with Crippen LogP contribution in [0.1, 0.15) is 418 Å². The molecule has 480 valence electrons. The van der Waals surface area contributed by atoms with Crippen LogP contribution in [0.15, 0.2) is 24.3 Å². The predicted molar refractivity (Wildman–Crippen MR) is 356 cm³/mol. The van der Waals surface area contributed by atoms with Crippen molar-refractivity contribution in [3.63, 3.8) is 0 Å². The van der Waals surface area contributed by atoms with E-state index in [1.54, 1.807) is 0 Å². The Morgan fingerprint density at radius 3 is 0.877 bits per heavy atom. The lowest BCUT2D eigenvalue weighted by Crippen LogP contribution is -2.45. The molecule has 0 radical (unpaired) electrons. The summed E-state index contributed by atoms with van der Waals surface area (Å²) in [7, 11) is 0. The second-order valence-corrected chi connectivity index (χ2v) is 25.6. The third-order valence-corrected chi connectivity index (χ3v) is 17.5. The highest BCUT2D eigenvalue weighted by atomic mass is 16.5. The highest BCUT2D eigenvalue weighted by Crippen LogP contribution is 2.19. The van der Waals surface area contributed by atoms with E-state index in [4.69, 9.17) is 4.74 Å². The van der Waals surface area contributed by atoms with E-state index in [2.05, 4.69) is 43.5 Å². The Labute approximate surface area is 507 Å². The fourth-order valence-corrected chi connectivity index (χ4v) is 11.8. The molecule has 0 heterocycles. The highest BCUT2D eigenvalue weighted by molar-refractivity contribution is 5.76. The Hall–Kier alpha value is -1.66. The van der Waals surface area contributed by atoms with Crippen LogP contribution in [0.3, 0.4) is 0 Å². The van der Waals surface area contributed by atoms with Gasteiger partial charge in [0.1, 0.15) is 0 Å². The molecule has 6 nitrogen and oxygen atoms in total. The molecule has 0 spiro atoms. The lowest BCUT2D eigenvalue weighted by molar-refractivity contribution is -0.143. The molecule has 1 amide bonds. The van der Waals surface area contributed by atoms with Crippen molar-refractivity contribution in [3.8, 4) is 0 Å². The SMILES string of the molecule is CCCCCCCC/C=C\CCCCCCCCCCCC(=O)OCCCCCCCCCCCCCC/C=C\CCCCCCCCCCC(=O)NC(CO)C(O)CCCCCCCCCCCCCCCCCCCCCCC. The minimum atomic E-state index is -0.668. The predicted octanol–water partition coefficient (Wildman–Crippen LogP) is 24.1. The summed E-state index contributed by atoms with van der Waals surface area (Å²) >= 11 is 0. The first-order valence-electron chi connectivity index (χ1n) is 37.1. The van der Waals surface area contributed by atoms with E-state index in [-0.39, 0.29) is 18.5 Å². The molecule has 3 N–H and O–H groups in total. The van der Waals surface area contributed by atoms with Gasteiger partial charge in [-0.3, -0.25) is 9.59 Å².